The summed E-state index contributed by atoms with van der Waals surface area (Å²) in [6.45, 7) is 24.6. The van der Waals surface area contributed by atoms with E-state index in [1.807, 2.05) is 12.1 Å². The molecule has 1 rings (SSSR count). The Morgan fingerprint density at radius 2 is 1.43 bits per heavy atom. The monoisotopic (exact) mass is 422 g/mol. The minimum atomic E-state index is -2.09. The van der Waals surface area contributed by atoms with Crippen molar-refractivity contribution < 1.29 is 13.6 Å². The smallest absolute Gasteiger partial charge is 0.258 e. The van der Waals surface area contributed by atoms with Crippen LogP contribution >= 0.6 is 0 Å². The summed E-state index contributed by atoms with van der Waals surface area (Å²) in [5, 5.41) is 0. The number of hydrogen-bond donors (Lipinski definition) is 0. The highest BCUT2D eigenvalue weighted by Gasteiger charge is 2.47. The van der Waals surface area contributed by atoms with E-state index in [-0.39, 0.29) is 11.5 Å². The largest absolute Gasteiger partial charge is 0.543 e. The molecule has 0 aliphatic carbocycles. The quantitative estimate of drug-likeness (QED) is 0.313. The molecular formula is C23H42O3Si2. The van der Waals surface area contributed by atoms with Crippen molar-refractivity contribution in [1.82, 2.24) is 0 Å². The van der Waals surface area contributed by atoms with E-state index in [1.54, 1.807) is 0 Å². The number of carbonyl (C=O) groups excluding carboxylic acids is 1. The lowest BCUT2D eigenvalue weighted by atomic mass is 9.84. The van der Waals surface area contributed by atoms with Crippen LogP contribution in [0.3, 0.4) is 0 Å². The molecule has 1 atom stereocenters. The third-order valence-corrected chi connectivity index (χ3v) is 12.4. The molecule has 1 unspecified atom stereocenters. The van der Waals surface area contributed by atoms with E-state index < -0.39 is 17.4 Å². The van der Waals surface area contributed by atoms with Crippen molar-refractivity contribution in [3.63, 3.8) is 0 Å². The molecule has 1 aromatic rings. The normalized spacial score (nSPS) is 14.2. The zero-order valence-electron chi connectivity index (χ0n) is 19.9. The lowest BCUT2D eigenvalue weighted by Gasteiger charge is -2.42. The predicted molar refractivity (Wildman–Crippen MR) is 126 cm³/mol. The Morgan fingerprint density at radius 3 is 1.79 bits per heavy atom. The first-order valence-electron chi connectivity index (χ1n) is 10.7. The fourth-order valence-electron chi connectivity index (χ4n) is 4.54. The maximum atomic E-state index is 11.7. The molecule has 0 N–H and O–H groups in total. The van der Waals surface area contributed by atoms with Crippen molar-refractivity contribution in [3.05, 3.63) is 29.3 Å². The van der Waals surface area contributed by atoms with Gasteiger partial charge in [-0.05, 0) is 58.9 Å². The summed E-state index contributed by atoms with van der Waals surface area (Å²) in [4.78, 5) is 11.7. The second-order valence-electron chi connectivity index (χ2n) is 10.3. The second-order valence-corrected chi connectivity index (χ2v) is 18.0. The SMILES string of the molecule is CC(C)[Si](Oc1cc(C=O)cc(C(O[SiH](C)C)C(C)(C)C)c1)(C(C)C)C(C)C. The van der Waals surface area contributed by atoms with Crippen molar-refractivity contribution >= 4 is 23.6 Å². The fraction of sp³-hybridized carbons (Fsp3) is 0.696. The Balaban J connectivity index is 3.53. The molecule has 5 heteroatoms. The van der Waals surface area contributed by atoms with E-state index in [0.29, 0.717) is 22.2 Å². The van der Waals surface area contributed by atoms with Crippen molar-refractivity contribution in [2.75, 3.05) is 0 Å². The van der Waals surface area contributed by atoms with Gasteiger partial charge in [0.25, 0.3) is 8.32 Å². The Labute approximate surface area is 176 Å². The van der Waals surface area contributed by atoms with Crippen LogP contribution in [0, 0.1) is 5.41 Å². The van der Waals surface area contributed by atoms with Gasteiger partial charge in [-0.15, -0.1) is 0 Å². The molecule has 0 aromatic heterocycles. The topological polar surface area (TPSA) is 35.5 Å². The van der Waals surface area contributed by atoms with Crippen LogP contribution in [0.5, 0.6) is 5.75 Å². The molecule has 0 aliphatic rings. The lowest BCUT2D eigenvalue weighted by molar-refractivity contribution is 0.0863. The Morgan fingerprint density at radius 1 is 0.929 bits per heavy atom. The fourth-order valence-corrected chi connectivity index (χ4v) is 10.9. The molecule has 0 heterocycles. The van der Waals surface area contributed by atoms with Gasteiger partial charge in [0, 0.05) is 5.56 Å². The van der Waals surface area contributed by atoms with Gasteiger partial charge in [-0.3, -0.25) is 4.79 Å². The molecule has 0 fully saturated rings. The summed E-state index contributed by atoms with van der Waals surface area (Å²) in [5.74, 6) is 0.825. The summed E-state index contributed by atoms with van der Waals surface area (Å²) in [7, 11) is -3.34. The van der Waals surface area contributed by atoms with E-state index in [0.717, 1.165) is 17.6 Å². The van der Waals surface area contributed by atoms with Gasteiger partial charge in [-0.1, -0.05) is 62.3 Å². The van der Waals surface area contributed by atoms with Crippen LogP contribution < -0.4 is 4.43 Å². The molecule has 0 saturated carbocycles. The van der Waals surface area contributed by atoms with Crippen LogP contribution in [-0.2, 0) is 4.43 Å². The standard InChI is InChI=1S/C23H42O3Si2/c1-16(2)28(17(3)4,18(5)6)26-21-13-19(15-24)12-20(14-21)22(23(7,8)9)25-27(10)11/h12-18,22,27H,1-11H3. The molecule has 3 nitrogen and oxygen atoms in total. The van der Waals surface area contributed by atoms with E-state index in [4.69, 9.17) is 8.85 Å². The number of aldehydes is 1. The van der Waals surface area contributed by atoms with E-state index >= 15 is 0 Å². The summed E-state index contributed by atoms with van der Waals surface area (Å²) >= 11 is 0. The number of carbonyl (C=O) groups is 1. The van der Waals surface area contributed by atoms with Crippen LogP contribution in [0.4, 0.5) is 0 Å². The van der Waals surface area contributed by atoms with E-state index in [1.165, 1.54) is 0 Å². The van der Waals surface area contributed by atoms with Gasteiger partial charge < -0.3 is 8.85 Å². The zero-order valence-corrected chi connectivity index (χ0v) is 22.1. The highest BCUT2D eigenvalue weighted by Crippen LogP contribution is 2.44. The van der Waals surface area contributed by atoms with E-state index in [9.17, 15) is 4.79 Å². The molecule has 28 heavy (non-hydrogen) atoms. The molecule has 0 amide bonds. The first kappa shape index (κ1) is 25.1. The molecule has 0 radical (unpaired) electrons. The van der Waals surface area contributed by atoms with Crippen molar-refractivity contribution in [3.8, 4) is 5.75 Å². The summed E-state index contributed by atoms with van der Waals surface area (Å²) < 4.78 is 13.3. The van der Waals surface area contributed by atoms with Gasteiger partial charge in [0.2, 0.25) is 0 Å². The number of benzene rings is 1. The average Bonchev–Trinajstić information content (AvgIpc) is 2.55. The van der Waals surface area contributed by atoms with Gasteiger partial charge in [-0.25, -0.2) is 0 Å². The average molecular weight is 423 g/mol. The Bertz CT molecular complexity index is 624. The Hall–Kier alpha value is -0.916. The predicted octanol–water partition coefficient (Wildman–Crippen LogP) is 7.14. The number of rotatable bonds is 9. The Kier molecular flexibility index (Phi) is 8.72. The lowest BCUT2D eigenvalue weighted by Crippen LogP contribution is -2.50. The van der Waals surface area contributed by atoms with Gasteiger partial charge in [0.1, 0.15) is 12.0 Å². The van der Waals surface area contributed by atoms with Crippen LogP contribution in [0.25, 0.3) is 0 Å². The minimum Gasteiger partial charge on any atom is -0.543 e. The number of hydrogen-bond acceptors (Lipinski definition) is 3. The zero-order chi connectivity index (χ0) is 21.9. The molecule has 0 aliphatic heterocycles. The van der Waals surface area contributed by atoms with Crippen LogP contribution in [0.15, 0.2) is 18.2 Å². The maximum absolute atomic E-state index is 11.7. The third-order valence-electron chi connectivity index (χ3n) is 5.59. The first-order valence-corrected chi connectivity index (χ1v) is 15.6. The van der Waals surface area contributed by atoms with Gasteiger partial charge in [0.05, 0.1) is 6.10 Å². The molecular weight excluding hydrogens is 380 g/mol. The van der Waals surface area contributed by atoms with E-state index in [2.05, 4.69) is 81.5 Å². The van der Waals surface area contributed by atoms with Crippen LogP contribution in [0.2, 0.25) is 29.7 Å². The molecule has 0 saturated heterocycles. The highest BCUT2D eigenvalue weighted by molar-refractivity contribution is 6.78. The third kappa shape index (κ3) is 5.80. The summed E-state index contributed by atoms with van der Waals surface area (Å²) in [6.07, 6.45) is 0.876. The maximum Gasteiger partial charge on any atom is 0.258 e. The van der Waals surface area contributed by atoms with Gasteiger partial charge in [-0.2, -0.15) is 0 Å². The molecule has 160 valence electrons. The van der Waals surface area contributed by atoms with Gasteiger partial charge in [0.15, 0.2) is 9.04 Å². The minimum absolute atomic E-state index is 0.0466. The summed E-state index contributed by atoms with van der Waals surface area (Å²) in [6, 6.07) is 5.99. The van der Waals surface area contributed by atoms with Crippen LogP contribution in [-0.4, -0.2) is 23.6 Å². The highest BCUT2D eigenvalue weighted by atomic mass is 28.4. The first-order chi connectivity index (χ1) is 12.7. The van der Waals surface area contributed by atoms with Crippen molar-refractivity contribution in [2.45, 2.75) is 98.1 Å². The van der Waals surface area contributed by atoms with Crippen molar-refractivity contribution in [1.29, 1.82) is 0 Å². The van der Waals surface area contributed by atoms with Crippen LogP contribution in [0.1, 0.15) is 84.3 Å². The van der Waals surface area contributed by atoms with Crippen molar-refractivity contribution in [2.24, 2.45) is 5.41 Å². The molecule has 1 aromatic carbocycles. The second kappa shape index (κ2) is 9.72. The van der Waals surface area contributed by atoms with Gasteiger partial charge >= 0.3 is 0 Å². The molecule has 0 spiro atoms. The molecule has 0 bridgehead atoms. The summed E-state index contributed by atoms with van der Waals surface area (Å²) in [5.41, 5.74) is 3.09.